The van der Waals surface area contributed by atoms with Crippen molar-refractivity contribution in [3.05, 3.63) is 41.7 Å². The number of phenolic OH excluding ortho intramolecular Hbond substituents is 1. The number of aromatic hydroxyl groups is 1. The molecule has 0 unspecified atom stereocenters. The van der Waals surface area contributed by atoms with Crippen molar-refractivity contribution >= 4 is 0 Å². The van der Waals surface area contributed by atoms with Gasteiger partial charge < -0.3 is 15.5 Å². The quantitative estimate of drug-likeness (QED) is 0.625. The lowest BCUT2D eigenvalue weighted by Gasteiger charge is -2.03. The fraction of sp³-hybridized carbons (Fsp3) is 0.385. The molecule has 0 saturated carbocycles. The minimum atomic E-state index is 0.0665. The summed E-state index contributed by atoms with van der Waals surface area (Å²) >= 11 is 0. The largest absolute Gasteiger partial charge is 0.508 e. The van der Waals surface area contributed by atoms with Gasteiger partial charge in [-0.2, -0.15) is 0 Å². The predicted octanol–water partition coefficient (Wildman–Crippen LogP) is 0.308. The number of hydrogen-bond donors (Lipinski definition) is 3. The molecule has 102 valence electrons. The Labute approximate surface area is 111 Å². The third-order valence-electron chi connectivity index (χ3n) is 2.75. The van der Waals surface area contributed by atoms with E-state index in [1.807, 2.05) is 18.3 Å². The highest BCUT2D eigenvalue weighted by atomic mass is 16.3. The van der Waals surface area contributed by atoms with Crippen LogP contribution < -0.4 is 5.32 Å². The lowest BCUT2D eigenvalue weighted by atomic mass is 10.1. The standard InChI is InChI=1S/C13H18N4O2/c18-8-7-17-10-12(15-16-17)9-14-6-5-11-1-3-13(19)4-2-11/h1-4,10,14,18-19H,5-9H2. The highest BCUT2D eigenvalue weighted by Crippen LogP contribution is 2.09. The minimum Gasteiger partial charge on any atom is -0.508 e. The Morgan fingerprint density at radius 2 is 2.00 bits per heavy atom. The van der Waals surface area contributed by atoms with Gasteiger partial charge in [-0.15, -0.1) is 5.10 Å². The lowest BCUT2D eigenvalue weighted by molar-refractivity contribution is 0.268. The Bertz CT molecular complexity index is 496. The zero-order valence-corrected chi connectivity index (χ0v) is 10.7. The van der Waals surface area contributed by atoms with Crippen LogP contribution in [0.1, 0.15) is 11.3 Å². The molecule has 2 aromatic rings. The molecule has 1 aromatic heterocycles. The summed E-state index contributed by atoms with van der Waals surface area (Å²) < 4.78 is 1.62. The maximum absolute atomic E-state index is 9.17. The molecule has 3 N–H and O–H groups in total. The van der Waals surface area contributed by atoms with Crippen LogP contribution in [0.4, 0.5) is 0 Å². The predicted molar refractivity (Wildman–Crippen MR) is 70.6 cm³/mol. The second-order valence-electron chi connectivity index (χ2n) is 4.29. The van der Waals surface area contributed by atoms with Crippen molar-refractivity contribution in [1.82, 2.24) is 20.3 Å². The number of aliphatic hydroxyl groups is 1. The molecule has 2 rings (SSSR count). The summed E-state index contributed by atoms with van der Waals surface area (Å²) in [6.45, 7) is 2.03. The molecule has 0 bridgehead atoms. The molecule has 0 fully saturated rings. The van der Waals surface area contributed by atoms with Gasteiger partial charge in [0.05, 0.1) is 18.8 Å². The van der Waals surface area contributed by atoms with Crippen molar-refractivity contribution in [1.29, 1.82) is 0 Å². The number of benzene rings is 1. The molecular formula is C13H18N4O2. The van der Waals surface area contributed by atoms with E-state index in [9.17, 15) is 5.11 Å². The van der Waals surface area contributed by atoms with Crippen LogP contribution in [0.5, 0.6) is 5.75 Å². The molecule has 0 aliphatic heterocycles. The first-order chi connectivity index (χ1) is 9.28. The van der Waals surface area contributed by atoms with Gasteiger partial charge in [0.15, 0.2) is 0 Å². The van der Waals surface area contributed by atoms with Gasteiger partial charge in [0.25, 0.3) is 0 Å². The van der Waals surface area contributed by atoms with Gasteiger partial charge in [0.2, 0.25) is 0 Å². The van der Waals surface area contributed by atoms with E-state index in [2.05, 4.69) is 15.6 Å². The normalized spacial score (nSPS) is 10.8. The van der Waals surface area contributed by atoms with Crippen LogP contribution >= 0.6 is 0 Å². The Balaban J connectivity index is 1.69. The third-order valence-corrected chi connectivity index (χ3v) is 2.75. The van der Waals surface area contributed by atoms with Crippen molar-refractivity contribution in [2.45, 2.75) is 19.5 Å². The van der Waals surface area contributed by atoms with E-state index in [1.54, 1.807) is 16.8 Å². The number of aliphatic hydroxyl groups excluding tert-OH is 1. The highest BCUT2D eigenvalue weighted by Gasteiger charge is 2.00. The first kappa shape index (κ1) is 13.5. The highest BCUT2D eigenvalue weighted by molar-refractivity contribution is 5.25. The summed E-state index contributed by atoms with van der Waals surface area (Å²) in [4.78, 5) is 0. The van der Waals surface area contributed by atoms with Crippen molar-refractivity contribution in [2.24, 2.45) is 0 Å². The van der Waals surface area contributed by atoms with Gasteiger partial charge in [0.1, 0.15) is 5.75 Å². The van der Waals surface area contributed by atoms with E-state index in [-0.39, 0.29) is 12.4 Å². The Morgan fingerprint density at radius 3 is 2.74 bits per heavy atom. The SMILES string of the molecule is OCCn1cc(CNCCc2ccc(O)cc2)nn1. The van der Waals surface area contributed by atoms with Gasteiger partial charge in [-0.3, -0.25) is 0 Å². The van der Waals surface area contributed by atoms with Crippen LogP contribution in [0.3, 0.4) is 0 Å². The maximum atomic E-state index is 9.17. The smallest absolute Gasteiger partial charge is 0.115 e. The molecule has 0 amide bonds. The zero-order chi connectivity index (χ0) is 13.5. The molecule has 19 heavy (non-hydrogen) atoms. The molecule has 1 aromatic carbocycles. The average Bonchev–Trinajstić information content (AvgIpc) is 2.85. The second kappa shape index (κ2) is 6.86. The number of hydrogen-bond acceptors (Lipinski definition) is 5. The van der Waals surface area contributed by atoms with Crippen molar-refractivity contribution in [3.63, 3.8) is 0 Å². The van der Waals surface area contributed by atoms with Crippen LogP contribution in [0.15, 0.2) is 30.5 Å². The molecule has 6 nitrogen and oxygen atoms in total. The van der Waals surface area contributed by atoms with Crippen molar-refractivity contribution < 1.29 is 10.2 Å². The molecule has 0 saturated heterocycles. The fourth-order valence-electron chi connectivity index (χ4n) is 1.74. The van der Waals surface area contributed by atoms with E-state index in [0.29, 0.717) is 13.1 Å². The van der Waals surface area contributed by atoms with Crippen LogP contribution in [0, 0.1) is 0 Å². The summed E-state index contributed by atoms with van der Waals surface area (Å²) in [7, 11) is 0. The van der Waals surface area contributed by atoms with Gasteiger partial charge in [0, 0.05) is 12.7 Å². The number of nitrogens with zero attached hydrogens (tertiary/aromatic N) is 3. The van der Waals surface area contributed by atoms with Gasteiger partial charge in [-0.05, 0) is 30.7 Å². The molecule has 6 heteroatoms. The topological polar surface area (TPSA) is 83.2 Å². The van der Waals surface area contributed by atoms with E-state index in [4.69, 9.17) is 5.11 Å². The summed E-state index contributed by atoms with van der Waals surface area (Å²) in [6.07, 6.45) is 2.72. The summed E-state index contributed by atoms with van der Waals surface area (Å²) in [5.41, 5.74) is 2.04. The molecule has 0 spiro atoms. The summed E-state index contributed by atoms with van der Waals surface area (Å²) in [5, 5.41) is 29.1. The number of rotatable bonds is 7. The Hall–Kier alpha value is -1.92. The molecule has 0 aliphatic rings. The second-order valence-corrected chi connectivity index (χ2v) is 4.29. The molecule has 0 radical (unpaired) electrons. The van der Waals surface area contributed by atoms with Crippen LogP contribution in [-0.2, 0) is 19.5 Å². The average molecular weight is 262 g/mol. The Kier molecular flexibility index (Phi) is 4.88. The maximum Gasteiger partial charge on any atom is 0.115 e. The van der Waals surface area contributed by atoms with Crippen LogP contribution in [-0.4, -0.2) is 38.4 Å². The van der Waals surface area contributed by atoms with Gasteiger partial charge in [-0.1, -0.05) is 17.3 Å². The first-order valence-corrected chi connectivity index (χ1v) is 6.26. The van der Waals surface area contributed by atoms with Crippen LogP contribution in [0.25, 0.3) is 0 Å². The minimum absolute atomic E-state index is 0.0665. The van der Waals surface area contributed by atoms with Gasteiger partial charge in [-0.25, -0.2) is 4.68 Å². The van der Waals surface area contributed by atoms with Crippen LogP contribution in [0.2, 0.25) is 0 Å². The van der Waals surface area contributed by atoms with E-state index in [1.165, 1.54) is 5.56 Å². The number of nitrogens with one attached hydrogen (secondary N) is 1. The Morgan fingerprint density at radius 1 is 1.21 bits per heavy atom. The summed E-state index contributed by atoms with van der Waals surface area (Å²) in [5.74, 6) is 0.289. The summed E-state index contributed by atoms with van der Waals surface area (Å²) in [6, 6.07) is 7.20. The lowest BCUT2D eigenvalue weighted by Crippen LogP contribution is -2.16. The third kappa shape index (κ3) is 4.35. The zero-order valence-electron chi connectivity index (χ0n) is 10.7. The van der Waals surface area contributed by atoms with Crippen molar-refractivity contribution in [2.75, 3.05) is 13.2 Å². The number of aromatic nitrogens is 3. The monoisotopic (exact) mass is 262 g/mol. The van der Waals surface area contributed by atoms with E-state index in [0.717, 1.165) is 18.7 Å². The first-order valence-electron chi connectivity index (χ1n) is 6.26. The number of phenols is 1. The fourth-order valence-corrected chi connectivity index (χ4v) is 1.74. The van der Waals surface area contributed by atoms with Crippen molar-refractivity contribution in [3.8, 4) is 5.75 Å². The van der Waals surface area contributed by atoms with E-state index >= 15 is 0 Å². The van der Waals surface area contributed by atoms with E-state index < -0.39 is 0 Å². The molecule has 0 aliphatic carbocycles. The molecular weight excluding hydrogens is 244 g/mol. The molecule has 1 heterocycles. The molecule has 0 atom stereocenters. The van der Waals surface area contributed by atoms with Gasteiger partial charge >= 0.3 is 0 Å².